The van der Waals surface area contributed by atoms with E-state index in [1.807, 2.05) is 30.0 Å². The number of benzene rings is 1. The van der Waals surface area contributed by atoms with Gasteiger partial charge in [-0.15, -0.1) is 0 Å². The van der Waals surface area contributed by atoms with E-state index in [1.54, 1.807) is 6.07 Å². The number of carbonyl (C=O) groups is 1. The number of amides is 1. The molecule has 2 heterocycles. The number of nitrogens with one attached hydrogen (secondary N) is 1. The van der Waals surface area contributed by atoms with Gasteiger partial charge in [-0.1, -0.05) is 45.9 Å². The molecule has 0 spiro atoms. The van der Waals surface area contributed by atoms with E-state index in [-0.39, 0.29) is 11.3 Å². The first kappa shape index (κ1) is 20.3. The van der Waals surface area contributed by atoms with Gasteiger partial charge in [0.15, 0.2) is 0 Å². The summed E-state index contributed by atoms with van der Waals surface area (Å²) in [7, 11) is 0. The van der Waals surface area contributed by atoms with Gasteiger partial charge in [0.05, 0.1) is 0 Å². The van der Waals surface area contributed by atoms with Gasteiger partial charge in [-0.25, -0.2) is 9.97 Å². The van der Waals surface area contributed by atoms with Gasteiger partial charge >= 0.3 is 0 Å². The molecule has 1 saturated heterocycles. The summed E-state index contributed by atoms with van der Waals surface area (Å²) < 4.78 is 0. The molecule has 1 atom stereocenters. The normalized spacial score (nSPS) is 17.5. The van der Waals surface area contributed by atoms with Crippen molar-refractivity contribution in [2.24, 2.45) is 0 Å². The first-order valence-corrected chi connectivity index (χ1v) is 10.3. The molecule has 1 aromatic heterocycles. The first-order valence-electron chi connectivity index (χ1n) is 10.3. The van der Waals surface area contributed by atoms with Crippen molar-refractivity contribution in [3.8, 4) is 0 Å². The van der Waals surface area contributed by atoms with Crippen LogP contribution in [0, 0.1) is 6.92 Å². The number of para-hydroxylation sites is 1. The summed E-state index contributed by atoms with van der Waals surface area (Å²) in [5.41, 5.74) is 3.43. The van der Waals surface area contributed by atoms with Crippen molar-refractivity contribution in [1.29, 1.82) is 0 Å². The predicted octanol–water partition coefficient (Wildman–Crippen LogP) is 5.23. The second kappa shape index (κ2) is 8.29. The highest BCUT2D eigenvalue weighted by atomic mass is 16.2. The fourth-order valence-electron chi connectivity index (χ4n) is 3.94. The van der Waals surface area contributed by atoms with Crippen molar-refractivity contribution in [2.75, 3.05) is 11.9 Å². The van der Waals surface area contributed by atoms with Gasteiger partial charge in [0, 0.05) is 24.0 Å². The summed E-state index contributed by atoms with van der Waals surface area (Å²) in [6.07, 6.45) is 4.33. The molecule has 1 fully saturated rings. The summed E-state index contributed by atoms with van der Waals surface area (Å²) in [4.78, 5) is 24.3. The third-order valence-electron chi connectivity index (χ3n) is 5.41. The number of carbonyl (C=O) groups excluding carboxylic acids is 1. The van der Waals surface area contributed by atoms with Crippen LogP contribution in [0.1, 0.15) is 75.1 Å². The van der Waals surface area contributed by atoms with E-state index in [0.717, 1.165) is 37.2 Å². The van der Waals surface area contributed by atoms with E-state index in [0.29, 0.717) is 17.7 Å². The van der Waals surface area contributed by atoms with Crippen LogP contribution < -0.4 is 5.32 Å². The van der Waals surface area contributed by atoms with Gasteiger partial charge in [-0.3, -0.25) is 4.79 Å². The summed E-state index contributed by atoms with van der Waals surface area (Å²) >= 11 is 0. The monoisotopic (exact) mass is 380 g/mol. The molecule has 28 heavy (non-hydrogen) atoms. The van der Waals surface area contributed by atoms with E-state index in [9.17, 15) is 4.79 Å². The lowest BCUT2D eigenvalue weighted by Crippen LogP contribution is -2.43. The molecule has 150 valence electrons. The highest BCUT2D eigenvalue weighted by Gasteiger charge is 2.27. The second-order valence-electron chi connectivity index (χ2n) is 8.70. The number of hydrogen-bond donors (Lipinski definition) is 1. The summed E-state index contributed by atoms with van der Waals surface area (Å²) in [6.45, 7) is 11.4. The van der Waals surface area contributed by atoms with Crippen LogP contribution >= 0.6 is 0 Å². The largest absolute Gasteiger partial charge is 0.334 e. The van der Waals surface area contributed by atoms with Gasteiger partial charge < -0.3 is 10.2 Å². The van der Waals surface area contributed by atoms with E-state index < -0.39 is 0 Å². The van der Waals surface area contributed by atoms with Crippen LogP contribution in [-0.4, -0.2) is 33.4 Å². The lowest BCUT2D eigenvalue weighted by atomic mass is 9.86. The minimum absolute atomic E-state index is 0.00574. The van der Waals surface area contributed by atoms with Crippen LogP contribution in [0.25, 0.3) is 0 Å². The summed E-state index contributed by atoms with van der Waals surface area (Å²) in [6, 6.07) is 10.3. The van der Waals surface area contributed by atoms with Crippen molar-refractivity contribution >= 4 is 17.5 Å². The van der Waals surface area contributed by atoms with Crippen LogP contribution in [0.3, 0.4) is 0 Å². The van der Waals surface area contributed by atoms with Crippen molar-refractivity contribution in [3.63, 3.8) is 0 Å². The molecule has 1 aliphatic rings. The molecule has 5 heteroatoms. The maximum atomic E-state index is 13.2. The summed E-state index contributed by atoms with van der Waals surface area (Å²) in [5.74, 6) is 0.495. The highest BCUT2D eigenvalue weighted by Crippen LogP contribution is 2.30. The third kappa shape index (κ3) is 4.51. The number of piperidine rings is 1. The molecule has 0 saturated carbocycles. The Morgan fingerprint density at radius 1 is 1.21 bits per heavy atom. The number of aromatic nitrogens is 2. The van der Waals surface area contributed by atoms with Crippen LogP contribution in [-0.2, 0) is 5.41 Å². The summed E-state index contributed by atoms with van der Waals surface area (Å²) in [5, 5.41) is 3.35. The maximum absolute atomic E-state index is 13.2. The smallest absolute Gasteiger partial charge is 0.272 e. The van der Waals surface area contributed by atoms with E-state index >= 15 is 0 Å². The Balaban J connectivity index is 1.90. The predicted molar refractivity (Wildman–Crippen MR) is 114 cm³/mol. The third-order valence-corrected chi connectivity index (χ3v) is 5.41. The second-order valence-corrected chi connectivity index (χ2v) is 8.70. The number of likely N-dealkylation sites (tertiary alicyclic amines) is 1. The number of aryl methyl sites for hydroxylation is 1. The minimum atomic E-state index is -0.00574. The molecule has 1 amide bonds. The number of nitrogens with zero attached hydrogens (tertiary/aromatic N) is 3. The fourth-order valence-corrected chi connectivity index (χ4v) is 3.94. The van der Waals surface area contributed by atoms with Gasteiger partial charge in [0.2, 0.25) is 5.95 Å². The van der Waals surface area contributed by atoms with E-state index in [2.05, 4.69) is 49.0 Å². The molecule has 0 aliphatic carbocycles. The van der Waals surface area contributed by atoms with E-state index in [4.69, 9.17) is 0 Å². The average molecular weight is 381 g/mol. The van der Waals surface area contributed by atoms with Crippen LogP contribution in [0.5, 0.6) is 0 Å². The fraction of sp³-hybridized carbons (Fsp3) is 0.522. The Kier molecular flexibility index (Phi) is 6.01. The molecule has 0 bridgehead atoms. The highest BCUT2D eigenvalue weighted by molar-refractivity contribution is 5.93. The Labute approximate surface area is 168 Å². The number of rotatable bonds is 4. The Bertz CT molecular complexity index is 841. The molecule has 1 unspecified atom stereocenters. The molecule has 5 nitrogen and oxygen atoms in total. The topological polar surface area (TPSA) is 58.1 Å². The molecule has 1 aliphatic heterocycles. The number of hydrogen-bond acceptors (Lipinski definition) is 4. The quantitative estimate of drug-likeness (QED) is 0.789. The zero-order valence-electron chi connectivity index (χ0n) is 17.7. The molecule has 1 aromatic carbocycles. The maximum Gasteiger partial charge on any atom is 0.272 e. The molecule has 3 rings (SSSR count). The molecule has 0 radical (unpaired) electrons. The lowest BCUT2D eigenvalue weighted by molar-refractivity contribution is 0.0602. The minimum Gasteiger partial charge on any atom is -0.334 e. The SMILES string of the molecule is CCC1CCCCN1C(=O)c1cc(C)nc(Nc2ccccc2C(C)(C)C)n1. The van der Waals surface area contributed by atoms with Crippen molar-refractivity contribution < 1.29 is 4.79 Å². The van der Waals surface area contributed by atoms with Crippen molar-refractivity contribution in [3.05, 3.63) is 47.3 Å². The zero-order valence-corrected chi connectivity index (χ0v) is 17.7. The first-order chi connectivity index (χ1) is 13.3. The van der Waals surface area contributed by atoms with Crippen LogP contribution in [0.15, 0.2) is 30.3 Å². The van der Waals surface area contributed by atoms with Crippen LogP contribution in [0.4, 0.5) is 11.6 Å². The Hall–Kier alpha value is -2.43. The Morgan fingerprint density at radius 2 is 1.96 bits per heavy atom. The molecular weight excluding hydrogens is 348 g/mol. The zero-order chi connectivity index (χ0) is 20.3. The van der Waals surface area contributed by atoms with Crippen molar-refractivity contribution in [1.82, 2.24) is 14.9 Å². The number of anilines is 2. The average Bonchev–Trinajstić information content (AvgIpc) is 2.66. The van der Waals surface area contributed by atoms with Gasteiger partial charge in [-0.05, 0) is 55.7 Å². The van der Waals surface area contributed by atoms with Gasteiger partial charge in [0.25, 0.3) is 5.91 Å². The standard InChI is InChI=1S/C23H32N4O/c1-6-17-11-9-10-14-27(17)21(28)20-15-16(2)24-22(26-20)25-19-13-8-7-12-18(19)23(3,4)5/h7-8,12-13,15,17H,6,9-11,14H2,1-5H3,(H,24,25,26). The lowest BCUT2D eigenvalue weighted by Gasteiger charge is -2.35. The molecule has 1 N–H and O–H groups in total. The van der Waals surface area contributed by atoms with E-state index in [1.165, 1.54) is 12.0 Å². The van der Waals surface area contributed by atoms with Gasteiger partial charge in [0.1, 0.15) is 5.69 Å². The Morgan fingerprint density at radius 3 is 2.68 bits per heavy atom. The van der Waals surface area contributed by atoms with Gasteiger partial charge in [-0.2, -0.15) is 0 Å². The molecule has 2 aromatic rings. The van der Waals surface area contributed by atoms with Crippen molar-refractivity contribution in [2.45, 2.75) is 71.8 Å². The van der Waals surface area contributed by atoms with Crippen LogP contribution in [0.2, 0.25) is 0 Å². The molecular formula is C23H32N4O.